The van der Waals surface area contributed by atoms with E-state index in [9.17, 15) is 4.79 Å². The van der Waals surface area contributed by atoms with Crippen LogP contribution in [-0.2, 0) is 6.54 Å². The number of amides is 2. The van der Waals surface area contributed by atoms with Gasteiger partial charge < -0.3 is 20.3 Å². The second-order valence-electron chi connectivity index (χ2n) is 4.61. The number of carbonyl (C=O) groups is 1. The van der Waals surface area contributed by atoms with Crippen molar-refractivity contribution >= 4 is 22.0 Å². The molecule has 0 bridgehead atoms. The molecule has 1 aromatic carbocycles. The Morgan fingerprint density at radius 1 is 1.50 bits per heavy atom. The van der Waals surface area contributed by atoms with Crippen LogP contribution in [0.15, 0.2) is 22.7 Å². The SMILES string of the molecule is CCNCc1ccc(OCCN2CCNC2=O)c(Br)c1. The molecule has 6 heteroatoms. The predicted octanol–water partition coefficient (Wildman–Crippen LogP) is 1.96. The molecule has 5 nitrogen and oxygen atoms in total. The lowest BCUT2D eigenvalue weighted by molar-refractivity contribution is 0.202. The summed E-state index contributed by atoms with van der Waals surface area (Å²) >= 11 is 3.52. The summed E-state index contributed by atoms with van der Waals surface area (Å²) in [5.74, 6) is 0.810. The topological polar surface area (TPSA) is 53.6 Å². The zero-order chi connectivity index (χ0) is 14.4. The van der Waals surface area contributed by atoms with Crippen LogP contribution in [0.1, 0.15) is 12.5 Å². The molecule has 0 saturated carbocycles. The number of ether oxygens (including phenoxy) is 1. The normalized spacial score (nSPS) is 14.5. The molecule has 1 aliphatic rings. The first-order valence-electron chi connectivity index (χ1n) is 6.85. The average Bonchev–Trinajstić information content (AvgIpc) is 2.84. The third kappa shape index (κ3) is 4.11. The molecule has 0 radical (unpaired) electrons. The van der Waals surface area contributed by atoms with Crippen molar-refractivity contribution in [3.8, 4) is 5.75 Å². The van der Waals surface area contributed by atoms with E-state index < -0.39 is 0 Å². The Labute approximate surface area is 127 Å². The van der Waals surface area contributed by atoms with E-state index >= 15 is 0 Å². The Morgan fingerprint density at radius 3 is 3.00 bits per heavy atom. The highest BCUT2D eigenvalue weighted by molar-refractivity contribution is 9.10. The highest BCUT2D eigenvalue weighted by Crippen LogP contribution is 2.26. The van der Waals surface area contributed by atoms with Crippen LogP contribution in [0.2, 0.25) is 0 Å². The number of benzene rings is 1. The van der Waals surface area contributed by atoms with Crippen molar-refractivity contribution in [1.29, 1.82) is 0 Å². The standard InChI is InChI=1S/C14H20BrN3O2/c1-2-16-10-11-3-4-13(12(15)9-11)20-8-7-18-6-5-17-14(18)19/h3-4,9,16H,2,5-8,10H2,1H3,(H,17,19). The van der Waals surface area contributed by atoms with Crippen LogP contribution in [0.25, 0.3) is 0 Å². The van der Waals surface area contributed by atoms with Gasteiger partial charge >= 0.3 is 6.03 Å². The van der Waals surface area contributed by atoms with E-state index in [0.717, 1.165) is 36.4 Å². The van der Waals surface area contributed by atoms with Crippen LogP contribution < -0.4 is 15.4 Å². The van der Waals surface area contributed by atoms with E-state index in [1.54, 1.807) is 4.90 Å². The van der Waals surface area contributed by atoms with Crippen LogP contribution in [0.4, 0.5) is 4.79 Å². The molecule has 0 unspecified atom stereocenters. The number of nitrogens with one attached hydrogen (secondary N) is 2. The lowest BCUT2D eigenvalue weighted by Gasteiger charge is -2.15. The van der Waals surface area contributed by atoms with Crippen molar-refractivity contribution in [2.45, 2.75) is 13.5 Å². The molecule has 1 fully saturated rings. The van der Waals surface area contributed by atoms with Crippen molar-refractivity contribution in [2.75, 3.05) is 32.8 Å². The predicted molar refractivity (Wildman–Crippen MR) is 82.0 cm³/mol. The van der Waals surface area contributed by atoms with Crippen molar-refractivity contribution < 1.29 is 9.53 Å². The third-order valence-electron chi connectivity index (χ3n) is 3.14. The molecule has 2 N–H and O–H groups in total. The van der Waals surface area contributed by atoms with E-state index in [1.807, 2.05) is 12.1 Å². The molecule has 1 heterocycles. The number of halogens is 1. The molecule has 2 amide bonds. The number of carbonyl (C=O) groups excluding carboxylic acids is 1. The van der Waals surface area contributed by atoms with Crippen LogP contribution in [0.5, 0.6) is 5.75 Å². The summed E-state index contributed by atoms with van der Waals surface area (Å²) in [7, 11) is 0. The second-order valence-corrected chi connectivity index (χ2v) is 5.47. The summed E-state index contributed by atoms with van der Waals surface area (Å²) < 4.78 is 6.66. The number of hydrogen-bond acceptors (Lipinski definition) is 3. The average molecular weight is 342 g/mol. The van der Waals surface area contributed by atoms with Gasteiger partial charge in [-0.05, 0) is 40.2 Å². The molecule has 0 aromatic heterocycles. The van der Waals surface area contributed by atoms with Crippen LogP contribution in [0.3, 0.4) is 0 Å². The Bertz CT molecular complexity index is 468. The molecule has 0 atom stereocenters. The fourth-order valence-corrected chi connectivity index (χ4v) is 2.57. The highest BCUT2D eigenvalue weighted by atomic mass is 79.9. The van der Waals surface area contributed by atoms with Gasteiger partial charge in [0, 0.05) is 19.6 Å². The minimum Gasteiger partial charge on any atom is -0.491 e. The molecule has 1 saturated heterocycles. The van der Waals surface area contributed by atoms with Gasteiger partial charge in [-0.1, -0.05) is 13.0 Å². The molecule has 110 valence electrons. The molecule has 1 aromatic rings. The Kier molecular flexibility index (Phi) is 5.67. The maximum Gasteiger partial charge on any atom is 0.317 e. The Morgan fingerprint density at radius 2 is 2.35 bits per heavy atom. The van der Waals surface area contributed by atoms with Crippen molar-refractivity contribution in [3.63, 3.8) is 0 Å². The van der Waals surface area contributed by atoms with E-state index in [-0.39, 0.29) is 6.03 Å². The summed E-state index contributed by atoms with van der Waals surface area (Å²) in [6.45, 7) is 6.47. The Hall–Kier alpha value is -1.27. The summed E-state index contributed by atoms with van der Waals surface area (Å²) in [5, 5.41) is 6.06. The molecular weight excluding hydrogens is 322 g/mol. The highest BCUT2D eigenvalue weighted by Gasteiger charge is 2.18. The van der Waals surface area contributed by atoms with Gasteiger partial charge in [0.05, 0.1) is 11.0 Å². The smallest absolute Gasteiger partial charge is 0.317 e. The van der Waals surface area contributed by atoms with Crippen LogP contribution in [0, 0.1) is 0 Å². The maximum absolute atomic E-state index is 11.4. The van der Waals surface area contributed by atoms with Gasteiger partial charge in [-0.3, -0.25) is 0 Å². The van der Waals surface area contributed by atoms with Gasteiger partial charge in [-0.25, -0.2) is 4.79 Å². The van der Waals surface area contributed by atoms with E-state index in [0.29, 0.717) is 13.2 Å². The zero-order valence-electron chi connectivity index (χ0n) is 11.6. The molecular formula is C14H20BrN3O2. The maximum atomic E-state index is 11.4. The quantitative estimate of drug-likeness (QED) is 0.797. The zero-order valence-corrected chi connectivity index (χ0v) is 13.2. The first kappa shape index (κ1) is 15.1. The van der Waals surface area contributed by atoms with Crippen LogP contribution >= 0.6 is 15.9 Å². The third-order valence-corrected chi connectivity index (χ3v) is 3.76. The fourth-order valence-electron chi connectivity index (χ4n) is 2.03. The van der Waals surface area contributed by atoms with Crippen molar-refractivity contribution in [3.05, 3.63) is 28.2 Å². The van der Waals surface area contributed by atoms with Crippen LogP contribution in [-0.4, -0.2) is 43.7 Å². The van der Waals surface area contributed by atoms with Crippen molar-refractivity contribution in [1.82, 2.24) is 15.5 Å². The first-order valence-corrected chi connectivity index (χ1v) is 7.64. The van der Waals surface area contributed by atoms with E-state index in [2.05, 4.69) is 39.6 Å². The summed E-state index contributed by atoms with van der Waals surface area (Å²) in [6, 6.07) is 6.06. The van der Waals surface area contributed by atoms with Gasteiger partial charge in [-0.2, -0.15) is 0 Å². The van der Waals surface area contributed by atoms with Gasteiger partial charge in [0.2, 0.25) is 0 Å². The molecule has 0 spiro atoms. The lowest BCUT2D eigenvalue weighted by Crippen LogP contribution is -2.31. The lowest BCUT2D eigenvalue weighted by atomic mass is 10.2. The number of nitrogens with zero attached hydrogens (tertiary/aromatic N) is 1. The van der Waals surface area contributed by atoms with E-state index in [1.165, 1.54) is 5.56 Å². The molecule has 0 aliphatic carbocycles. The Balaban J connectivity index is 1.82. The molecule has 20 heavy (non-hydrogen) atoms. The first-order chi connectivity index (χ1) is 9.70. The number of hydrogen-bond donors (Lipinski definition) is 2. The summed E-state index contributed by atoms with van der Waals surface area (Å²) in [5.41, 5.74) is 1.21. The van der Waals surface area contributed by atoms with Gasteiger partial charge in [0.25, 0.3) is 0 Å². The minimum atomic E-state index is -0.00588. The van der Waals surface area contributed by atoms with Crippen molar-refractivity contribution in [2.24, 2.45) is 0 Å². The fraction of sp³-hybridized carbons (Fsp3) is 0.500. The molecule has 2 rings (SSSR count). The minimum absolute atomic E-state index is 0.00588. The second kappa shape index (κ2) is 7.50. The number of rotatable bonds is 7. The largest absolute Gasteiger partial charge is 0.491 e. The van der Waals surface area contributed by atoms with E-state index in [4.69, 9.17) is 4.74 Å². The van der Waals surface area contributed by atoms with Gasteiger partial charge in [-0.15, -0.1) is 0 Å². The van der Waals surface area contributed by atoms with Gasteiger partial charge in [0.15, 0.2) is 0 Å². The molecule has 1 aliphatic heterocycles. The van der Waals surface area contributed by atoms with Gasteiger partial charge in [0.1, 0.15) is 12.4 Å². The summed E-state index contributed by atoms with van der Waals surface area (Å²) in [6.07, 6.45) is 0. The summed E-state index contributed by atoms with van der Waals surface area (Å²) in [4.78, 5) is 13.1. The number of urea groups is 1. The monoisotopic (exact) mass is 341 g/mol.